The van der Waals surface area contributed by atoms with E-state index in [1.165, 1.54) is 11.0 Å². The molecule has 6 heteroatoms. The fourth-order valence-electron chi connectivity index (χ4n) is 2.09. The van der Waals surface area contributed by atoms with Crippen molar-refractivity contribution in [1.82, 2.24) is 4.98 Å². The van der Waals surface area contributed by atoms with Crippen LogP contribution >= 0.6 is 0 Å². The summed E-state index contributed by atoms with van der Waals surface area (Å²) in [6, 6.07) is 9.51. The van der Waals surface area contributed by atoms with E-state index in [1.807, 2.05) is 0 Å². The van der Waals surface area contributed by atoms with Gasteiger partial charge in [0.15, 0.2) is 0 Å². The number of rotatable bonds is 4. The summed E-state index contributed by atoms with van der Waals surface area (Å²) in [5, 5.41) is 0. The molecule has 0 fully saturated rings. The standard InChI is InChI=1S/C15H16F3N3/c1-21(10-12-4-2-3-7-20-12)14-6-5-11(9-19)8-13(14)15(16,17)18/h2-8H,9-10,19H2,1H3. The largest absolute Gasteiger partial charge is 0.418 e. The van der Waals surface area contributed by atoms with Crippen LogP contribution in [0.15, 0.2) is 42.6 Å². The van der Waals surface area contributed by atoms with Crippen LogP contribution in [-0.4, -0.2) is 12.0 Å². The topological polar surface area (TPSA) is 42.2 Å². The Hall–Kier alpha value is -2.08. The molecule has 0 spiro atoms. The highest BCUT2D eigenvalue weighted by molar-refractivity contribution is 5.56. The highest BCUT2D eigenvalue weighted by Crippen LogP contribution is 2.37. The molecule has 2 rings (SSSR count). The zero-order chi connectivity index (χ0) is 15.5. The van der Waals surface area contributed by atoms with Gasteiger partial charge in [0.05, 0.1) is 17.8 Å². The number of aromatic nitrogens is 1. The summed E-state index contributed by atoms with van der Waals surface area (Å²) >= 11 is 0. The lowest BCUT2D eigenvalue weighted by molar-refractivity contribution is -0.137. The maximum Gasteiger partial charge on any atom is 0.418 e. The van der Waals surface area contributed by atoms with Gasteiger partial charge in [0, 0.05) is 25.5 Å². The Morgan fingerprint density at radius 2 is 1.95 bits per heavy atom. The lowest BCUT2D eigenvalue weighted by atomic mass is 10.1. The maximum atomic E-state index is 13.2. The minimum absolute atomic E-state index is 0.0767. The molecule has 0 atom stereocenters. The predicted octanol–water partition coefficient (Wildman–Crippen LogP) is 3.20. The van der Waals surface area contributed by atoms with Crippen molar-refractivity contribution in [3.8, 4) is 0 Å². The van der Waals surface area contributed by atoms with Crippen molar-refractivity contribution in [2.75, 3.05) is 11.9 Å². The number of nitrogens with two attached hydrogens (primary N) is 1. The van der Waals surface area contributed by atoms with Crippen LogP contribution in [0.3, 0.4) is 0 Å². The summed E-state index contributed by atoms with van der Waals surface area (Å²) in [5.74, 6) is 0. The van der Waals surface area contributed by atoms with Crippen LogP contribution in [0.4, 0.5) is 18.9 Å². The second-order valence-corrected chi connectivity index (χ2v) is 4.73. The van der Waals surface area contributed by atoms with E-state index in [1.54, 1.807) is 37.5 Å². The zero-order valence-electron chi connectivity index (χ0n) is 11.6. The smallest absolute Gasteiger partial charge is 0.368 e. The van der Waals surface area contributed by atoms with E-state index in [0.717, 1.165) is 6.07 Å². The number of benzene rings is 1. The Kier molecular flexibility index (Phi) is 4.47. The van der Waals surface area contributed by atoms with Gasteiger partial charge in [0.1, 0.15) is 0 Å². The first-order chi connectivity index (χ1) is 9.91. The molecular formula is C15H16F3N3. The van der Waals surface area contributed by atoms with Crippen molar-refractivity contribution in [2.24, 2.45) is 5.73 Å². The van der Waals surface area contributed by atoms with Crippen molar-refractivity contribution in [3.05, 3.63) is 59.4 Å². The van der Waals surface area contributed by atoms with Crippen LogP contribution in [0.1, 0.15) is 16.8 Å². The number of hydrogen-bond donors (Lipinski definition) is 1. The van der Waals surface area contributed by atoms with Crippen molar-refractivity contribution in [3.63, 3.8) is 0 Å². The van der Waals surface area contributed by atoms with E-state index in [2.05, 4.69) is 4.98 Å². The zero-order valence-corrected chi connectivity index (χ0v) is 11.6. The molecule has 0 aliphatic heterocycles. The van der Waals surface area contributed by atoms with Gasteiger partial charge in [-0.1, -0.05) is 12.1 Å². The van der Waals surface area contributed by atoms with Gasteiger partial charge < -0.3 is 10.6 Å². The summed E-state index contributed by atoms with van der Waals surface area (Å²) in [6.45, 7) is 0.374. The third kappa shape index (κ3) is 3.72. The van der Waals surface area contributed by atoms with Gasteiger partial charge in [0.2, 0.25) is 0 Å². The normalized spacial score (nSPS) is 11.5. The van der Waals surface area contributed by atoms with E-state index < -0.39 is 11.7 Å². The highest BCUT2D eigenvalue weighted by Gasteiger charge is 2.34. The van der Waals surface area contributed by atoms with Crippen molar-refractivity contribution < 1.29 is 13.2 Å². The molecule has 21 heavy (non-hydrogen) atoms. The Morgan fingerprint density at radius 1 is 1.19 bits per heavy atom. The van der Waals surface area contributed by atoms with Crippen LogP contribution < -0.4 is 10.6 Å². The van der Waals surface area contributed by atoms with Crippen molar-refractivity contribution in [1.29, 1.82) is 0 Å². The Bertz CT molecular complexity index is 597. The molecule has 0 aliphatic rings. The first-order valence-electron chi connectivity index (χ1n) is 6.43. The molecule has 0 radical (unpaired) electrons. The summed E-state index contributed by atoms with van der Waals surface area (Å²) in [5.41, 5.74) is 6.02. The molecule has 0 bridgehead atoms. The Labute approximate surface area is 121 Å². The molecule has 0 saturated carbocycles. The number of halogens is 3. The van der Waals surface area contributed by atoms with Gasteiger partial charge in [-0.25, -0.2) is 0 Å². The van der Waals surface area contributed by atoms with Crippen LogP contribution in [0.5, 0.6) is 0 Å². The van der Waals surface area contributed by atoms with Gasteiger partial charge in [-0.3, -0.25) is 4.98 Å². The van der Waals surface area contributed by atoms with Gasteiger partial charge in [-0.15, -0.1) is 0 Å². The molecule has 112 valence electrons. The van der Waals surface area contributed by atoms with Crippen molar-refractivity contribution >= 4 is 5.69 Å². The predicted molar refractivity (Wildman–Crippen MR) is 75.7 cm³/mol. The second kappa shape index (κ2) is 6.13. The molecule has 0 aliphatic carbocycles. The minimum Gasteiger partial charge on any atom is -0.368 e. The minimum atomic E-state index is -4.42. The van der Waals surface area contributed by atoms with E-state index in [-0.39, 0.29) is 12.2 Å². The van der Waals surface area contributed by atoms with Gasteiger partial charge in [0.25, 0.3) is 0 Å². The fourth-order valence-corrected chi connectivity index (χ4v) is 2.09. The van der Waals surface area contributed by atoms with Gasteiger partial charge in [-0.2, -0.15) is 13.2 Å². The summed E-state index contributed by atoms with van der Waals surface area (Å²) in [7, 11) is 1.61. The highest BCUT2D eigenvalue weighted by atomic mass is 19.4. The lowest BCUT2D eigenvalue weighted by Crippen LogP contribution is -2.21. The number of pyridine rings is 1. The molecule has 0 saturated heterocycles. The lowest BCUT2D eigenvalue weighted by Gasteiger charge is -2.24. The van der Waals surface area contributed by atoms with Gasteiger partial charge in [-0.05, 0) is 29.8 Å². The molecule has 1 heterocycles. The summed E-state index contributed by atoms with van der Waals surface area (Å²) in [4.78, 5) is 5.66. The van der Waals surface area contributed by atoms with Crippen LogP contribution in [0.2, 0.25) is 0 Å². The number of hydrogen-bond acceptors (Lipinski definition) is 3. The van der Waals surface area contributed by atoms with Gasteiger partial charge >= 0.3 is 6.18 Å². The van der Waals surface area contributed by atoms with Crippen molar-refractivity contribution in [2.45, 2.75) is 19.3 Å². The van der Waals surface area contributed by atoms with E-state index in [0.29, 0.717) is 17.8 Å². The Morgan fingerprint density at radius 3 is 2.52 bits per heavy atom. The first kappa shape index (κ1) is 15.3. The van der Waals surface area contributed by atoms with Crippen LogP contribution in [-0.2, 0) is 19.3 Å². The Balaban J connectivity index is 2.34. The third-order valence-electron chi connectivity index (χ3n) is 3.14. The van der Waals surface area contributed by atoms with E-state index >= 15 is 0 Å². The first-order valence-corrected chi connectivity index (χ1v) is 6.43. The second-order valence-electron chi connectivity index (χ2n) is 4.73. The molecule has 2 N–H and O–H groups in total. The number of anilines is 1. The molecule has 0 unspecified atom stereocenters. The molecule has 1 aromatic heterocycles. The quantitative estimate of drug-likeness (QED) is 0.942. The third-order valence-corrected chi connectivity index (χ3v) is 3.14. The molecular weight excluding hydrogens is 279 g/mol. The average Bonchev–Trinajstić information content (AvgIpc) is 2.46. The van der Waals surface area contributed by atoms with E-state index in [4.69, 9.17) is 5.73 Å². The maximum absolute atomic E-state index is 13.2. The molecule has 0 amide bonds. The summed E-state index contributed by atoms with van der Waals surface area (Å²) < 4.78 is 39.5. The fraction of sp³-hybridized carbons (Fsp3) is 0.267. The molecule has 3 nitrogen and oxygen atoms in total. The monoisotopic (exact) mass is 295 g/mol. The van der Waals surface area contributed by atoms with Crippen LogP contribution in [0, 0.1) is 0 Å². The number of nitrogens with zero attached hydrogens (tertiary/aromatic N) is 2. The average molecular weight is 295 g/mol. The number of alkyl halides is 3. The van der Waals surface area contributed by atoms with Crippen LogP contribution in [0.25, 0.3) is 0 Å². The summed E-state index contributed by atoms with van der Waals surface area (Å²) in [6.07, 6.45) is -2.80. The molecule has 2 aromatic rings. The van der Waals surface area contributed by atoms with E-state index in [9.17, 15) is 13.2 Å². The SMILES string of the molecule is CN(Cc1ccccn1)c1ccc(CN)cc1C(F)(F)F. The molecule has 1 aromatic carbocycles.